The Bertz CT molecular complexity index is 1360. The first-order chi connectivity index (χ1) is 20.0. The van der Waals surface area contributed by atoms with Gasteiger partial charge in [-0.05, 0) is 77.2 Å². The summed E-state index contributed by atoms with van der Waals surface area (Å²) in [5.41, 5.74) is 1.93. The highest BCUT2D eigenvalue weighted by Crippen LogP contribution is 2.51. The number of hydrogen-bond donors (Lipinski definition) is 0. The number of imide groups is 1. The largest absolute Gasteiger partial charge is 0.461 e. The fraction of sp³-hybridized carbons (Fsp3) is 0.469. The van der Waals surface area contributed by atoms with Crippen LogP contribution in [-0.2, 0) is 9.59 Å². The lowest BCUT2D eigenvalue weighted by molar-refractivity contribution is -0.141. The van der Waals surface area contributed by atoms with Crippen molar-refractivity contribution in [1.29, 1.82) is 0 Å². The highest BCUT2D eigenvalue weighted by Gasteiger charge is 2.57. The second-order valence-corrected chi connectivity index (χ2v) is 18.9. The van der Waals surface area contributed by atoms with Gasteiger partial charge in [-0.15, -0.1) is 6.58 Å². The van der Waals surface area contributed by atoms with Gasteiger partial charge in [0.15, 0.2) is 0 Å². The Morgan fingerprint density at radius 2 is 1.57 bits per heavy atom. The molecule has 1 aliphatic heterocycles. The van der Waals surface area contributed by atoms with Crippen LogP contribution in [0, 0.1) is 35.5 Å². The molecule has 7 atom stereocenters. The minimum atomic E-state index is -1.38. The molecule has 2 heterocycles. The molecule has 42 heavy (non-hydrogen) atoms. The van der Waals surface area contributed by atoms with Gasteiger partial charge in [0.1, 0.15) is 6.61 Å². The maximum atomic E-state index is 13.6. The first-order valence-electron chi connectivity index (χ1n) is 14.6. The van der Waals surface area contributed by atoms with Gasteiger partial charge in [0, 0.05) is 8.07 Å². The van der Waals surface area contributed by atoms with Crippen molar-refractivity contribution in [3.05, 3.63) is 77.3 Å². The van der Waals surface area contributed by atoms with Crippen LogP contribution in [0.25, 0.3) is 6.08 Å². The molecule has 10 heteroatoms. The van der Waals surface area contributed by atoms with E-state index in [0.717, 1.165) is 12.8 Å². The van der Waals surface area contributed by atoms with Crippen LogP contribution >= 0.6 is 23.2 Å². The molecule has 7 nitrogen and oxygen atoms in total. The van der Waals surface area contributed by atoms with E-state index in [9.17, 15) is 9.59 Å². The Balaban J connectivity index is 1.25. The lowest BCUT2D eigenvalue weighted by Gasteiger charge is -2.29. The Morgan fingerprint density at radius 3 is 2.21 bits per heavy atom. The van der Waals surface area contributed by atoms with E-state index in [4.69, 9.17) is 27.9 Å². The molecule has 1 saturated heterocycles. The summed E-state index contributed by atoms with van der Waals surface area (Å²) in [4.78, 5) is 39.7. The van der Waals surface area contributed by atoms with Gasteiger partial charge in [-0.25, -0.2) is 0 Å². The van der Waals surface area contributed by atoms with Gasteiger partial charge in [0.25, 0.3) is 0 Å². The third kappa shape index (κ3) is 6.71. The quantitative estimate of drug-likeness (QED) is 0.161. The van der Waals surface area contributed by atoms with Crippen molar-refractivity contribution in [2.75, 3.05) is 13.2 Å². The first kappa shape index (κ1) is 30.6. The van der Waals surface area contributed by atoms with Crippen LogP contribution in [0.15, 0.2) is 61.2 Å². The molecule has 0 radical (unpaired) electrons. The average Bonchev–Trinajstić information content (AvgIpc) is 3.60. The fourth-order valence-corrected chi connectivity index (χ4v) is 10.0. The molecular formula is C32H38Cl2N4O3Si. The summed E-state index contributed by atoms with van der Waals surface area (Å²) < 4.78 is 5.53. The van der Waals surface area contributed by atoms with Crippen LogP contribution in [0.3, 0.4) is 0 Å². The monoisotopic (exact) mass is 624 g/mol. The predicted octanol–water partition coefficient (Wildman–Crippen LogP) is 6.98. The number of allylic oxidation sites excluding steroid dienone is 4. The molecule has 4 unspecified atom stereocenters. The highest BCUT2D eigenvalue weighted by molar-refractivity contribution is 6.77. The van der Waals surface area contributed by atoms with Gasteiger partial charge in [0.2, 0.25) is 22.4 Å². The minimum absolute atomic E-state index is 0.00533. The molecule has 222 valence electrons. The summed E-state index contributed by atoms with van der Waals surface area (Å²) in [6, 6.07) is 10.4. The van der Waals surface area contributed by atoms with Crippen molar-refractivity contribution in [3.63, 3.8) is 0 Å². The lowest BCUT2D eigenvalue weighted by atomic mass is 9.88. The molecule has 2 saturated carbocycles. The second-order valence-electron chi connectivity index (χ2n) is 12.7. The number of carbonyl (C=O) groups is 2. The molecule has 0 bridgehead atoms. The lowest BCUT2D eigenvalue weighted by Crippen LogP contribution is -2.36. The zero-order valence-corrected chi connectivity index (χ0v) is 26.8. The van der Waals surface area contributed by atoms with Crippen molar-refractivity contribution >= 4 is 49.2 Å². The summed E-state index contributed by atoms with van der Waals surface area (Å²) in [6.45, 7) is 11.5. The molecule has 1 aromatic heterocycles. The van der Waals surface area contributed by atoms with E-state index in [-0.39, 0.29) is 65.2 Å². The maximum absolute atomic E-state index is 13.6. The number of likely N-dealkylation sites (tertiary alicyclic amines) is 1. The number of carbonyl (C=O) groups excluding carboxylic acids is 2. The van der Waals surface area contributed by atoms with Crippen molar-refractivity contribution in [3.8, 4) is 6.01 Å². The van der Waals surface area contributed by atoms with E-state index in [1.807, 2.05) is 12.1 Å². The van der Waals surface area contributed by atoms with Gasteiger partial charge in [-0.1, -0.05) is 80.4 Å². The number of aromatic nitrogens is 3. The highest BCUT2D eigenvalue weighted by atomic mass is 35.5. The SMILES string of the molecule is C=C[C@@H]1CC(/C=C/C2CC(/C=C/c3ccccc3)C([Si](C)(C)C)C2)[C@@H]2C(=O)N(CCOc3nc(Cl)nc(Cl)n3)C(=O)[C@H]12. The number of amides is 2. The first-order valence-corrected chi connectivity index (χ1v) is 19.0. The summed E-state index contributed by atoms with van der Waals surface area (Å²) >= 11 is 11.6. The topological polar surface area (TPSA) is 85.3 Å². The molecular weight excluding hydrogens is 587 g/mol. The third-order valence-electron chi connectivity index (χ3n) is 9.09. The minimum Gasteiger partial charge on any atom is -0.461 e. The van der Waals surface area contributed by atoms with Crippen molar-refractivity contribution in [2.24, 2.45) is 35.5 Å². The van der Waals surface area contributed by atoms with Gasteiger partial charge < -0.3 is 4.74 Å². The smallest absolute Gasteiger partial charge is 0.322 e. The van der Waals surface area contributed by atoms with E-state index in [1.165, 1.54) is 16.9 Å². The third-order valence-corrected chi connectivity index (χ3v) is 12.3. The van der Waals surface area contributed by atoms with Crippen LogP contribution in [-0.4, -0.2) is 52.9 Å². The van der Waals surface area contributed by atoms with Gasteiger partial charge >= 0.3 is 6.01 Å². The van der Waals surface area contributed by atoms with Crippen LogP contribution < -0.4 is 4.74 Å². The molecule has 2 amide bonds. The van der Waals surface area contributed by atoms with Crippen molar-refractivity contribution < 1.29 is 14.3 Å². The van der Waals surface area contributed by atoms with Crippen LogP contribution in [0.1, 0.15) is 24.8 Å². The fourth-order valence-electron chi connectivity index (χ4n) is 7.12. The zero-order chi connectivity index (χ0) is 30.0. The zero-order valence-electron chi connectivity index (χ0n) is 24.3. The van der Waals surface area contributed by atoms with Crippen LogP contribution in [0.2, 0.25) is 35.7 Å². The summed E-state index contributed by atoms with van der Waals surface area (Å²) in [5, 5.41) is -0.179. The Morgan fingerprint density at radius 1 is 0.905 bits per heavy atom. The van der Waals surface area contributed by atoms with E-state index in [2.05, 4.69) is 89.7 Å². The Labute approximate surface area is 259 Å². The standard InChI is InChI=1S/C32H38Cl2N4O3Si/c1-5-22-19-24(14-12-21-17-23(25(18-21)42(2,3)4)13-11-20-9-7-6-8-10-20)27-26(22)28(39)38(29(27)40)15-16-41-32-36-30(33)35-31(34)37-32/h5-14,21-27H,1,15-19H2,2-4H3/b13-11+,14-12+/t21?,22-,23?,24?,25?,26-,27+/m1/s1. The molecule has 0 N–H and O–H groups in total. The number of ether oxygens (including phenoxy) is 1. The summed E-state index contributed by atoms with van der Waals surface area (Å²) in [6.07, 6.45) is 14.2. The van der Waals surface area contributed by atoms with E-state index >= 15 is 0 Å². The predicted molar refractivity (Wildman–Crippen MR) is 169 cm³/mol. The molecule has 5 rings (SSSR count). The number of halogens is 2. The normalized spacial score (nSPS) is 29.6. The van der Waals surface area contributed by atoms with Crippen LogP contribution in [0.5, 0.6) is 6.01 Å². The van der Waals surface area contributed by atoms with Crippen LogP contribution in [0.4, 0.5) is 0 Å². The Hall–Kier alpha value is -2.81. The Kier molecular flexibility index (Phi) is 9.35. The number of fused-ring (bicyclic) bond motifs is 1. The number of hydrogen-bond acceptors (Lipinski definition) is 6. The maximum Gasteiger partial charge on any atom is 0.322 e. The van der Waals surface area contributed by atoms with Crippen molar-refractivity contribution in [1.82, 2.24) is 19.9 Å². The van der Waals surface area contributed by atoms with Gasteiger partial charge in [0.05, 0.1) is 18.4 Å². The summed E-state index contributed by atoms with van der Waals surface area (Å²) in [7, 11) is -1.38. The van der Waals surface area contributed by atoms with E-state index in [0.29, 0.717) is 17.4 Å². The average molecular weight is 626 g/mol. The molecule has 2 aromatic rings. The van der Waals surface area contributed by atoms with E-state index < -0.39 is 8.07 Å². The van der Waals surface area contributed by atoms with Crippen molar-refractivity contribution in [2.45, 2.75) is 44.4 Å². The molecule has 0 spiro atoms. The van der Waals surface area contributed by atoms with Gasteiger partial charge in [-0.2, -0.15) is 15.0 Å². The molecule has 2 aliphatic carbocycles. The summed E-state index contributed by atoms with van der Waals surface area (Å²) in [5.74, 6) is -0.0846. The molecule has 3 fully saturated rings. The molecule has 1 aromatic carbocycles. The number of rotatable bonds is 10. The number of benzene rings is 1. The van der Waals surface area contributed by atoms with E-state index in [1.54, 1.807) is 0 Å². The second kappa shape index (κ2) is 12.8. The van der Waals surface area contributed by atoms with Gasteiger partial charge in [-0.3, -0.25) is 14.5 Å². The molecule has 3 aliphatic rings. The number of nitrogens with zero attached hydrogens (tertiary/aromatic N) is 4.